The number of hydrogen-bond acceptors (Lipinski definition) is 6. The van der Waals surface area contributed by atoms with Crippen molar-refractivity contribution < 1.29 is 76.9 Å². The van der Waals surface area contributed by atoms with Crippen LogP contribution < -0.4 is 4.74 Å². The number of hydrogen-bond donors (Lipinski definition) is 0. The monoisotopic (exact) mass is 546 g/mol. The van der Waals surface area contributed by atoms with Crippen LogP contribution in [0.3, 0.4) is 0 Å². The number of carbonyl (C=O) groups is 3. The van der Waals surface area contributed by atoms with Gasteiger partial charge >= 0.3 is 30.3 Å². The Hall–Kier alpha value is -3.66. The maximum Gasteiger partial charge on any atom is 0.422 e. The van der Waals surface area contributed by atoms with Crippen LogP contribution in [0.25, 0.3) is 0 Å². The van der Waals surface area contributed by atoms with E-state index in [0.29, 0.717) is 0 Å². The van der Waals surface area contributed by atoms with Gasteiger partial charge in [-0.2, -0.15) is 35.1 Å². The van der Waals surface area contributed by atoms with E-state index in [1.165, 1.54) is 0 Å². The van der Waals surface area contributed by atoms with Crippen LogP contribution >= 0.6 is 0 Å². The van der Waals surface area contributed by atoms with Crippen molar-refractivity contribution >= 4 is 17.9 Å². The summed E-state index contributed by atoms with van der Waals surface area (Å²) in [5.41, 5.74) is -0.995. The number of rotatable bonds is 7. The largest absolute Gasteiger partial charge is 0.456 e. The third-order valence-corrected chi connectivity index (χ3v) is 3.12. The maximum atomic E-state index is 13.0. The average Bonchev–Trinajstić information content (AvgIpc) is 2.75. The molecule has 0 saturated heterocycles. The minimum absolute atomic E-state index is 0.256. The van der Waals surface area contributed by atoms with Crippen molar-refractivity contribution in [3.8, 4) is 5.75 Å². The minimum Gasteiger partial charge on any atom is -0.456 e. The van der Waals surface area contributed by atoms with Crippen LogP contribution in [0.2, 0.25) is 0 Å². The van der Waals surface area contributed by atoms with Gasteiger partial charge in [0, 0.05) is 11.1 Å². The van der Waals surface area contributed by atoms with E-state index in [9.17, 15) is 62.7 Å². The molecule has 0 aliphatic rings. The molecule has 0 unspecified atom stereocenters. The van der Waals surface area contributed by atoms with E-state index in [2.05, 4.69) is 27.4 Å². The van der Waals surface area contributed by atoms with Gasteiger partial charge in [-0.15, -0.1) is 0 Å². The van der Waals surface area contributed by atoms with Crippen molar-refractivity contribution in [1.29, 1.82) is 0 Å². The fourth-order valence-electron chi connectivity index (χ4n) is 1.56. The quantitative estimate of drug-likeness (QED) is 0.120. The summed E-state index contributed by atoms with van der Waals surface area (Å²) in [6, 6.07) is 0. The van der Waals surface area contributed by atoms with Gasteiger partial charge in [0.25, 0.3) is 0 Å². The molecule has 0 heterocycles. The number of ether oxygens (including phenoxy) is 3. The molecule has 1 rings (SSSR count). The van der Waals surface area contributed by atoms with Gasteiger partial charge in [0.05, 0.1) is 6.42 Å². The Morgan fingerprint density at radius 1 is 0.694 bits per heavy atom. The van der Waals surface area contributed by atoms with Gasteiger partial charge in [0.1, 0.15) is 0 Å². The van der Waals surface area contributed by atoms with E-state index in [-0.39, 0.29) is 5.57 Å². The average molecular weight is 546 g/mol. The van der Waals surface area contributed by atoms with E-state index in [1.807, 2.05) is 0 Å². The minimum atomic E-state index is -4.76. The predicted octanol–water partition coefficient (Wildman–Crippen LogP) is 5.01. The highest BCUT2D eigenvalue weighted by Gasteiger charge is 2.32. The van der Waals surface area contributed by atoms with Crippen LogP contribution in [0.5, 0.6) is 5.75 Å². The first-order chi connectivity index (χ1) is 16.2. The summed E-state index contributed by atoms with van der Waals surface area (Å²) in [6.07, 6.45) is -10.5. The molecular weight excluding hydrogens is 533 g/mol. The third-order valence-electron chi connectivity index (χ3n) is 3.12. The van der Waals surface area contributed by atoms with Crippen molar-refractivity contribution in [3.05, 3.63) is 53.4 Å². The van der Waals surface area contributed by atoms with E-state index in [4.69, 9.17) is 0 Å². The molecule has 0 atom stereocenters. The molecule has 17 heteroatoms. The Balaban J connectivity index is 0.000000684. The highest BCUT2D eigenvalue weighted by molar-refractivity contribution is 5.93. The Bertz CT molecular complexity index is 999. The molecule has 0 aliphatic heterocycles. The van der Waals surface area contributed by atoms with Gasteiger partial charge in [0.15, 0.2) is 13.2 Å². The van der Waals surface area contributed by atoms with Crippen LogP contribution in [-0.4, -0.2) is 43.5 Å². The van der Waals surface area contributed by atoms with Crippen molar-refractivity contribution in [1.82, 2.24) is 0 Å². The molecule has 1 aromatic rings. The molecule has 0 amide bonds. The van der Waals surface area contributed by atoms with Crippen LogP contribution in [0, 0.1) is 29.1 Å². The lowest BCUT2D eigenvalue weighted by Crippen LogP contribution is -2.23. The molecule has 0 spiro atoms. The normalized spacial score (nSPS) is 11.1. The fourth-order valence-corrected chi connectivity index (χ4v) is 1.56. The van der Waals surface area contributed by atoms with Crippen molar-refractivity contribution in [3.63, 3.8) is 0 Å². The zero-order chi connectivity index (χ0) is 28.6. The topological polar surface area (TPSA) is 78.9 Å². The summed E-state index contributed by atoms with van der Waals surface area (Å²) in [4.78, 5) is 32.6. The summed E-state index contributed by atoms with van der Waals surface area (Å²) in [5, 5.41) is 0. The van der Waals surface area contributed by atoms with E-state index in [1.54, 1.807) is 0 Å². The molecule has 0 aromatic heterocycles. The number of carbonyl (C=O) groups excluding carboxylic acids is 3. The van der Waals surface area contributed by atoms with E-state index in [0.717, 1.165) is 6.92 Å². The van der Waals surface area contributed by atoms with Crippen LogP contribution in [0.15, 0.2) is 24.3 Å². The second-order valence-corrected chi connectivity index (χ2v) is 6.32. The number of alkyl halides is 6. The fraction of sp³-hybridized carbons (Fsp3) is 0.316. The molecule has 36 heavy (non-hydrogen) atoms. The lowest BCUT2D eigenvalue weighted by Gasteiger charge is -2.10. The summed E-state index contributed by atoms with van der Waals surface area (Å²) in [6.45, 7) is 3.40. The second-order valence-electron chi connectivity index (χ2n) is 6.32. The first-order valence-corrected chi connectivity index (χ1v) is 8.71. The van der Waals surface area contributed by atoms with Gasteiger partial charge in [-0.3, -0.25) is 4.79 Å². The Morgan fingerprint density at radius 2 is 1.08 bits per heavy atom. The number of benzene rings is 1. The number of halogens is 11. The number of esters is 3. The molecule has 1 aromatic carbocycles. The van der Waals surface area contributed by atoms with Crippen molar-refractivity contribution in [2.45, 2.75) is 25.7 Å². The van der Waals surface area contributed by atoms with Crippen molar-refractivity contribution in [2.24, 2.45) is 0 Å². The zero-order valence-electron chi connectivity index (χ0n) is 17.6. The Labute approximate surface area is 193 Å². The molecule has 0 saturated carbocycles. The van der Waals surface area contributed by atoms with E-state index >= 15 is 0 Å². The second kappa shape index (κ2) is 12.9. The third kappa shape index (κ3) is 11.2. The molecular formula is C19H13F11O6. The smallest absolute Gasteiger partial charge is 0.422 e. The van der Waals surface area contributed by atoms with Crippen LogP contribution in [0.4, 0.5) is 48.3 Å². The molecule has 0 radical (unpaired) electrons. The first-order valence-electron chi connectivity index (χ1n) is 8.71. The van der Waals surface area contributed by atoms with Gasteiger partial charge < -0.3 is 14.2 Å². The van der Waals surface area contributed by atoms with Gasteiger partial charge in [-0.05, 0) is 6.92 Å². The van der Waals surface area contributed by atoms with Crippen LogP contribution in [-0.2, 0) is 23.9 Å². The van der Waals surface area contributed by atoms with E-state index < -0.39 is 90.3 Å². The van der Waals surface area contributed by atoms with Gasteiger partial charge in [-0.1, -0.05) is 13.2 Å². The van der Waals surface area contributed by atoms with Gasteiger partial charge in [-0.25, -0.2) is 22.8 Å². The molecule has 0 aliphatic carbocycles. The summed E-state index contributed by atoms with van der Waals surface area (Å²) in [7, 11) is 0. The first kappa shape index (κ1) is 32.3. The van der Waals surface area contributed by atoms with Crippen molar-refractivity contribution in [2.75, 3.05) is 13.2 Å². The highest BCUT2D eigenvalue weighted by atomic mass is 19.4. The highest BCUT2D eigenvalue weighted by Crippen LogP contribution is 2.29. The molecule has 0 fully saturated rings. The van der Waals surface area contributed by atoms with Crippen LogP contribution in [0.1, 0.15) is 13.3 Å². The molecule has 202 valence electrons. The van der Waals surface area contributed by atoms with Gasteiger partial charge in [0.2, 0.25) is 34.8 Å². The summed E-state index contributed by atoms with van der Waals surface area (Å²) < 4.78 is 145. The molecule has 0 N–H and O–H groups in total. The standard InChI is InChI=1S/C10H5F5O2.C9H8F6O4/c1-3(2)10(16)17-9-7(14)5(12)4(11)6(13)8(9)15;1-5(7(17)19-4-9(13,14)15)2-6(16)18-3-8(10,11)12/h1H2,2H3;1-4H2. The lowest BCUT2D eigenvalue weighted by molar-refractivity contribution is -0.187. The Morgan fingerprint density at radius 3 is 1.47 bits per heavy atom. The zero-order valence-corrected chi connectivity index (χ0v) is 17.6. The predicted molar refractivity (Wildman–Crippen MR) is 94.5 cm³/mol. The summed E-state index contributed by atoms with van der Waals surface area (Å²) >= 11 is 0. The lowest BCUT2D eigenvalue weighted by atomic mass is 10.2. The maximum absolute atomic E-state index is 13.0. The molecule has 0 bridgehead atoms. The Kier molecular flexibility index (Phi) is 11.6. The SMILES string of the molecule is C=C(C)C(=O)Oc1c(F)c(F)c(F)c(F)c1F.C=C(CC(=O)OCC(F)(F)F)C(=O)OCC(F)(F)F. The molecule has 6 nitrogen and oxygen atoms in total. The summed E-state index contributed by atoms with van der Waals surface area (Å²) in [5.74, 6) is -17.1.